The van der Waals surface area contributed by atoms with E-state index in [-0.39, 0.29) is 19.3 Å². The number of rotatable bonds is 9. The maximum Gasteiger partial charge on any atom is 0.341 e. The van der Waals surface area contributed by atoms with E-state index in [4.69, 9.17) is 25.8 Å². The van der Waals surface area contributed by atoms with E-state index in [1.54, 1.807) is 44.4 Å². The SMILES string of the molecule is CCOC(=O)c1c(-c2ccc(Cl)cc2)csc1NC(=O)/C=C/c1ccc(OCOC)cc1. The van der Waals surface area contributed by atoms with Crippen LogP contribution in [0.4, 0.5) is 5.00 Å². The van der Waals surface area contributed by atoms with E-state index < -0.39 is 5.97 Å². The third-order valence-electron chi connectivity index (χ3n) is 4.31. The van der Waals surface area contributed by atoms with Gasteiger partial charge in [0, 0.05) is 29.2 Å². The van der Waals surface area contributed by atoms with E-state index in [0.29, 0.717) is 26.9 Å². The molecule has 0 bridgehead atoms. The Morgan fingerprint density at radius 3 is 2.47 bits per heavy atom. The van der Waals surface area contributed by atoms with Gasteiger partial charge in [-0.3, -0.25) is 4.79 Å². The van der Waals surface area contributed by atoms with Crippen molar-refractivity contribution in [2.75, 3.05) is 25.8 Å². The zero-order valence-electron chi connectivity index (χ0n) is 17.6. The van der Waals surface area contributed by atoms with Gasteiger partial charge >= 0.3 is 5.97 Å². The Morgan fingerprint density at radius 2 is 1.81 bits per heavy atom. The molecule has 0 aliphatic carbocycles. The second-order valence-electron chi connectivity index (χ2n) is 6.52. The maximum absolute atomic E-state index is 12.6. The van der Waals surface area contributed by atoms with Crippen LogP contribution in [0.25, 0.3) is 17.2 Å². The first kappa shape index (κ1) is 23.5. The number of hydrogen-bond donors (Lipinski definition) is 1. The minimum Gasteiger partial charge on any atom is -0.468 e. The summed E-state index contributed by atoms with van der Waals surface area (Å²) in [5, 5.41) is 5.62. The number of amides is 1. The third kappa shape index (κ3) is 6.20. The summed E-state index contributed by atoms with van der Waals surface area (Å²) in [4.78, 5) is 25.1. The number of benzene rings is 2. The van der Waals surface area contributed by atoms with Gasteiger partial charge in [0.2, 0.25) is 5.91 Å². The average Bonchev–Trinajstić information content (AvgIpc) is 3.21. The summed E-state index contributed by atoms with van der Waals surface area (Å²) in [7, 11) is 1.55. The molecule has 1 N–H and O–H groups in total. The third-order valence-corrected chi connectivity index (χ3v) is 5.46. The lowest BCUT2D eigenvalue weighted by Gasteiger charge is -2.08. The standard InChI is InChI=1S/C24H22ClNO5S/c1-3-30-24(28)22-20(17-7-9-18(25)10-8-17)14-32-23(22)26-21(27)13-6-16-4-11-19(12-5-16)31-15-29-2/h4-14H,3,15H2,1-2H3,(H,26,27)/b13-6+. The van der Waals surface area contributed by atoms with Crippen molar-refractivity contribution < 1.29 is 23.8 Å². The number of halogens is 1. The molecule has 2 aromatic carbocycles. The summed E-state index contributed by atoms with van der Waals surface area (Å²) in [5.74, 6) is -0.190. The van der Waals surface area contributed by atoms with Crippen LogP contribution in [0.15, 0.2) is 60.0 Å². The predicted octanol–water partition coefficient (Wildman–Crippen LogP) is 5.88. The van der Waals surface area contributed by atoms with Gasteiger partial charge in [0.15, 0.2) is 6.79 Å². The smallest absolute Gasteiger partial charge is 0.341 e. The molecule has 0 radical (unpaired) electrons. The Labute approximate surface area is 195 Å². The molecule has 0 spiro atoms. The normalized spacial score (nSPS) is 10.8. The van der Waals surface area contributed by atoms with Gasteiger partial charge in [-0.25, -0.2) is 4.79 Å². The number of thiophene rings is 1. The van der Waals surface area contributed by atoms with Gasteiger partial charge < -0.3 is 19.5 Å². The Kier molecular flexibility index (Phi) is 8.44. The van der Waals surface area contributed by atoms with Gasteiger partial charge in [-0.1, -0.05) is 35.9 Å². The highest BCUT2D eigenvalue weighted by Crippen LogP contribution is 2.36. The van der Waals surface area contributed by atoms with Crippen LogP contribution in [0.1, 0.15) is 22.8 Å². The average molecular weight is 472 g/mol. The lowest BCUT2D eigenvalue weighted by Crippen LogP contribution is -2.12. The topological polar surface area (TPSA) is 73.9 Å². The van der Waals surface area contributed by atoms with Crippen LogP contribution in [0.3, 0.4) is 0 Å². The summed E-state index contributed by atoms with van der Waals surface area (Å²) in [6.07, 6.45) is 3.08. The molecule has 1 aromatic heterocycles. The lowest BCUT2D eigenvalue weighted by molar-refractivity contribution is -0.111. The van der Waals surface area contributed by atoms with Gasteiger partial charge in [0.1, 0.15) is 16.3 Å². The van der Waals surface area contributed by atoms with Crippen LogP contribution in [-0.2, 0) is 14.3 Å². The molecule has 3 aromatic rings. The van der Waals surface area contributed by atoms with Crippen LogP contribution in [0, 0.1) is 0 Å². The Balaban J connectivity index is 1.77. The van der Waals surface area contributed by atoms with E-state index in [2.05, 4.69) is 5.32 Å². The molecule has 1 amide bonds. The fourth-order valence-electron chi connectivity index (χ4n) is 2.83. The number of esters is 1. The molecule has 0 aliphatic heterocycles. The molecule has 1 heterocycles. The molecule has 32 heavy (non-hydrogen) atoms. The van der Waals surface area contributed by atoms with Crippen LogP contribution in [0.2, 0.25) is 5.02 Å². The molecular weight excluding hydrogens is 450 g/mol. The molecule has 166 valence electrons. The Morgan fingerprint density at radius 1 is 1.09 bits per heavy atom. The minimum absolute atomic E-state index is 0.166. The summed E-state index contributed by atoms with van der Waals surface area (Å²) in [6, 6.07) is 14.3. The van der Waals surface area contributed by atoms with E-state index in [9.17, 15) is 9.59 Å². The number of carbonyl (C=O) groups is 2. The van der Waals surface area contributed by atoms with Gasteiger partial charge in [0.05, 0.1) is 6.61 Å². The summed E-state index contributed by atoms with van der Waals surface area (Å²) < 4.78 is 15.4. The second kappa shape index (κ2) is 11.5. The molecule has 6 nitrogen and oxygen atoms in total. The van der Waals surface area contributed by atoms with Gasteiger partial charge in [-0.15, -0.1) is 11.3 Å². The van der Waals surface area contributed by atoms with Crippen molar-refractivity contribution in [1.29, 1.82) is 0 Å². The van der Waals surface area contributed by atoms with Crippen molar-refractivity contribution in [3.8, 4) is 16.9 Å². The fraction of sp³-hybridized carbons (Fsp3) is 0.167. The van der Waals surface area contributed by atoms with Crippen molar-refractivity contribution in [1.82, 2.24) is 0 Å². The van der Waals surface area contributed by atoms with E-state index >= 15 is 0 Å². The van der Waals surface area contributed by atoms with Crippen molar-refractivity contribution in [3.63, 3.8) is 0 Å². The Bertz CT molecular complexity index is 1090. The van der Waals surface area contributed by atoms with Gasteiger partial charge in [0.25, 0.3) is 0 Å². The number of ether oxygens (including phenoxy) is 3. The van der Waals surface area contributed by atoms with Gasteiger partial charge in [-0.2, -0.15) is 0 Å². The Hall–Kier alpha value is -3.13. The van der Waals surface area contributed by atoms with Crippen molar-refractivity contribution >= 4 is 45.9 Å². The summed E-state index contributed by atoms with van der Waals surface area (Å²) in [6.45, 7) is 2.13. The number of carbonyl (C=O) groups excluding carboxylic acids is 2. The second-order valence-corrected chi connectivity index (χ2v) is 7.84. The first-order valence-corrected chi connectivity index (χ1v) is 11.0. The highest BCUT2D eigenvalue weighted by molar-refractivity contribution is 7.15. The summed E-state index contributed by atoms with van der Waals surface area (Å²) in [5.41, 5.74) is 2.63. The summed E-state index contributed by atoms with van der Waals surface area (Å²) >= 11 is 7.24. The first-order valence-electron chi connectivity index (χ1n) is 9.77. The molecule has 0 aliphatic rings. The molecular formula is C24H22ClNO5S. The minimum atomic E-state index is -0.496. The lowest BCUT2D eigenvalue weighted by atomic mass is 10.0. The number of anilines is 1. The monoisotopic (exact) mass is 471 g/mol. The molecule has 0 unspecified atom stereocenters. The highest BCUT2D eigenvalue weighted by atomic mass is 35.5. The van der Waals surface area contributed by atoms with Crippen LogP contribution >= 0.6 is 22.9 Å². The first-order chi connectivity index (χ1) is 15.5. The predicted molar refractivity (Wildman–Crippen MR) is 127 cm³/mol. The zero-order chi connectivity index (χ0) is 22.9. The molecule has 0 atom stereocenters. The van der Waals surface area contributed by atoms with Crippen LogP contribution in [-0.4, -0.2) is 32.4 Å². The van der Waals surface area contributed by atoms with Crippen LogP contribution in [0.5, 0.6) is 5.75 Å². The molecule has 0 saturated heterocycles. The quantitative estimate of drug-likeness (QED) is 0.239. The molecule has 8 heteroatoms. The van der Waals surface area contributed by atoms with Crippen LogP contribution < -0.4 is 10.1 Å². The maximum atomic E-state index is 12.6. The van der Waals surface area contributed by atoms with Crippen molar-refractivity contribution in [2.24, 2.45) is 0 Å². The largest absolute Gasteiger partial charge is 0.468 e. The fourth-order valence-corrected chi connectivity index (χ4v) is 3.91. The van der Waals surface area contributed by atoms with Gasteiger partial charge in [-0.05, 0) is 48.4 Å². The van der Waals surface area contributed by atoms with Crippen molar-refractivity contribution in [3.05, 3.63) is 76.1 Å². The molecule has 3 rings (SSSR count). The highest BCUT2D eigenvalue weighted by Gasteiger charge is 2.22. The number of methoxy groups -OCH3 is 1. The number of nitrogens with one attached hydrogen (secondary N) is 1. The molecule has 0 saturated carbocycles. The van der Waals surface area contributed by atoms with E-state index in [0.717, 1.165) is 11.1 Å². The molecule has 0 fully saturated rings. The van der Waals surface area contributed by atoms with Crippen molar-refractivity contribution in [2.45, 2.75) is 6.92 Å². The van der Waals surface area contributed by atoms with E-state index in [1.807, 2.05) is 29.6 Å². The zero-order valence-corrected chi connectivity index (χ0v) is 19.2. The van der Waals surface area contributed by atoms with E-state index in [1.165, 1.54) is 17.4 Å². The number of hydrogen-bond acceptors (Lipinski definition) is 6.